The molecule has 0 amide bonds. The van der Waals surface area contributed by atoms with Gasteiger partial charge in [-0.2, -0.15) is 10.2 Å². The van der Waals surface area contributed by atoms with Crippen LogP contribution in [-0.4, -0.2) is 44.0 Å². The predicted octanol–water partition coefficient (Wildman–Crippen LogP) is 3.56. The minimum Gasteiger partial charge on any atom is -0.476 e. The highest BCUT2D eigenvalue weighted by Crippen LogP contribution is 2.36. The quantitative estimate of drug-likeness (QED) is 0.301. The molecule has 26 heavy (non-hydrogen) atoms. The lowest BCUT2D eigenvalue weighted by molar-refractivity contribution is 0.290. The third-order valence-electron chi connectivity index (χ3n) is 4.06. The van der Waals surface area contributed by atoms with Crippen molar-refractivity contribution < 1.29 is 4.74 Å². The average Bonchev–Trinajstić information content (AvgIpc) is 3.14. The molecule has 0 aliphatic rings. The van der Waals surface area contributed by atoms with E-state index in [9.17, 15) is 0 Å². The number of hydrogen-bond donors (Lipinski definition) is 1. The molecule has 7 nitrogen and oxygen atoms in total. The summed E-state index contributed by atoms with van der Waals surface area (Å²) >= 11 is 2.31. The number of aromatic nitrogens is 5. The molecule has 3 aromatic rings. The predicted molar refractivity (Wildman–Crippen MR) is 116 cm³/mol. The monoisotopic (exact) mass is 484 g/mol. The highest BCUT2D eigenvalue weighted by atomic mass is 127. The first-order valence-corrected chi connectivity index (χ1v) is 12.4. The van der Waals surface area contributed by atoms with Gasteiger partial charge in [-0.15, -0.1) is 0 Å². The van der Waals surface area contributed by atoms with Crippen LogP contribution in [0.4, 0.5) is 0 Å². The Morgan fingerprint density at radius 1 is 1.42 bits per heavy atom. The summed E-state index contributed by atoms with van der Waals surface area (Å²) < 4.78 is 9.72. The van der Waals surface area contributed by atoms with E-state index in [1.165, 1.54) is 0 Å². The Bertz CT molecular complexity index is 935. The Balaban J connectivity index is 2.04. The zero-order valence-electron chi connectivity index (χ0n) is 15.1. The topological polar surface area (TPSA) is 69.8 Å². The fraction of sp³-hybridized carbons (Fsp3) is 0.353. The van der Waals surface area contributed by atoms with Crippen LogP contribution in [0.3, 0.4) is 0 Å². The Morgan fingerprint density at radius 2 is 2.23 bits per heavy atom. The standard InChI is InChI=1S/C17H22IN6OP/c1-5-13-12-9-14(20-10-15(12)24(22-13)26-18)16-11(3)21-23(4)17(16)25-8-7-19-6-2/h5,9-10,19,26H,1,6-8H2,2-4H3. The van der Waals surface area contributed by atoms with Crippen LogP contribution < -0.4 is 10.1 Å². The zero-order chi connectivity index (χ0) is 18.7. The summed E-state index contributed by atoms with van der Waals surface area (Å²) in [4.78, 5) is 4.67. The zero-order valence-corrected chi connectivity index (χ0v) is 18.2. The van der Waals surface area contributed by atoms with E-state index >= 15 is 0 Å². The van der Waals surface area contributed by atoms with Crippen LogP contribution in [0.2, 0.25) is 0 Å². The normalized spacial score (nSPS) is 11.7. The van der Waals surface area contributed by atoms with Gasteiger partial charge >= 0.3 is 0 Å². The molecule has 0 aliphatic carbocycles. The van der Waals surface area contributed by atoms with E-state index < -0.39 is 0 Å². The molecule has 0 fully saturated rings. The van der Waals surface area contributed by atoms with Crippen molar-refractivity contribution in [1.82, 2.24) is 29.6 Å². The van der Waals surface area contributed by atoms with Gasteiger partial charge in [-0.1, -0.05) is 13.5 Å². The number of hydrogen-bond acceptors (Lipinski definition) is 5. The van der Waals surface area contributed by atoms with Gasteiger partial charge in [0.15, 0.2) is 0 Å². The van der Waals surface area contributed by atoms with Gasteiger partial charge in [0.05, 0.1) is 40.7 Å². The molecule has 3 aromatic heterocycles. The maximum absolute atomic E-state index is 6.00. The molecule has 0 aromatic carbocycles. The molecule has 0 radical (unpaired) electrons. The van der Waals surface area contributed by atoms with E-state index in [0.717, 1.165) is 52.5 Å². The van der Waals surface area contributed by atoms with Crippen LogP contribution in [0.15, 0.2) is 18.8 Å². The number of pyridine rings is 1. The van der Waals surface area contributed by atoms with Gasteiger partial charge in [0.25, 0.3) is 0 Å². The summed E-state index contributed by atoms with van der Waals surface area (Å²) in [7, 11) is 1.89. The summed E-state index contributed by atoms with van der Waals surface area (Å²) in [5.41, 5.74) is 4.52. The van der Waals surface area contributed by atoms with Crippen LogP contribution in [0.1, 0.15) is 18.3 Å². The van der Waals surface area contributed by atoms with Crippen molar-refractivity contribution in [2.75, 3.05) is 19.7 Å². The average molecular weight is 484 g/mol. The van der Waals surface area contributed by atoms with Crippen molar-refractivity contribution in [3.63, 3.8) is 0 Å². The summed E-state index contributed by atoms with van der Waals surface area (Å²) in [5, 5.41) is 13.4. The molecule has 1 unspecified atom stereocenters. The fourth-order valence-electron chi connectivity index (χ4n) is 2.88. The molecule has 0 spiro atoms. The lowest BCUT2D eigenvalue weighted by Gasteiger charge is -2.09. The molecule has 0 saturated heterocycles. The van der Waals surface area contributed by atoms with Crippen molar-refractivity contribution >= 4 is 45.4 Å². The van der Waals surface area contributed by atoms with Gasteiger partial charge in [0, 0.05) is 19.0 Å². The lowest BCUT2D eigenvalue weighted by atomic mass is 10.1. The summed E-state index contributed by atoms with van der Waals surface area (Å²) in [6.45, 7) is 10.2. The second kappa shape index (κ2) is 8.45. The van der Waals surface area contributed by atoms with E-state index in [0.29, 0.717) is 13.0 Å². The summed E-state index contributed by atoms with van der Waals surface area (Å²) in [5.74, 6) is 0.732. The Morgan fingerprint density at radius 3 is 2.92 bits per heavy atom. The van der Waals surface area contributed by atoms with Gasteiger partial charge < -0.3 is 10.1 Å². The van der Waals surface area contributed by atoms with Gasteiger partial charge in [0.1, 0.15) is 6.61 Å². The smallest absolute Gasteiger partial charge is 0.221 e. The van der Waals surface area contributed by atoms with Crippen LogP contribution in [0, 0.1) is 6.92 Å². The number of ether oxygens (including phenoxy) is 1. The molecule has 138 valence electrons. The van der Waals surface area contributed by atoms with Crippen molar-refractivity contribution in [2.24, 2.45) is 7.05 Å². The first-order valence-electron chi connectivity index (χ1n) is 8.36. The van der Waals surface area contributed by atoms with E-state index in [-0.39, 0.29) is 0 Å². The van der Waals surface area contributed by atoms with Crippen molar-refractivity contribution in [3.8, 4) is 17.1 Å². The fourth-order valence-corrected chi connectivity index (χ4v) is 4.40. The second-order valence-corrected chi connectivity index (χ2v) is 7.80. The summed E-state index contributed by atoms with van der Waals surface area (Å²) in [6.07, 6.45) is 4.16. The maximum Gasteiger partial charge on any atom is 0.221 e. The molecule has 0 aliphatic heterocycles. The molecule has 1 N–H and O–H groups in total. The highest BCUT2D eigenvalue weighted by Gasteiger charge is 2.19. The molecule has 3 rings (SSSR count). The van der Waals surface area contributed by atoms with E-state index in [2.05, 4.69) is 56.0 Å². The molecule has 0 bridgehead atoms. The number of halogens is 1. The van der Waals surface area contributed by atoms with Gasteiger partial charge in [-0.3, -0.25) is 4.98 Å². The Kier molecular flexibility index (Phi) is 6.26. The number of rotatable bonds is 8. The number of likely N-dealkylation sites (N-methyl/N-ethyl adjacent to an activating group) is 1. The first kappa shape index (κ1) is 19.3. The Hall–Kier alpha value is -1.51. The van der Waals surface area contributed by atoms with E-state index in [1.807, 2.05) is 30.7 Å². The molecular formula is C17H22IN6OP. The Labute approximate surface area is 167 Å². The third-order valence-corrected chi connectivity index (χ3v) is 5.93. The molecule has 1 atom stereocenters. The maximum atomic E-state index is 6.00. The van der Waals surface area contributed by atoms with Gasteiger partial charge in [-0.05, 0) is 47.7 Å². The minimum atomic E-state index is 0.510. The van der Waals surface area contributed by atoms with Gasteiger partial charge in [-0.25, -0.2) is 9.13 Å². The molecule has 3 heterocycles. The third kappa shape index (κ3) is 3.63. The van der Waals surface area contributed by atoms with Crippen LogP contribution in [0.5, 0.6) is 5.88 Å². The number of nitrogens with zero attached hydrogens (tertiary/aromatic N) is 5. The number of nitrogens with one attached hydrogen (secondary N) is 1. The van der Waals surface area contributed by atoms with Crippen LogP contribution in [0.25, 0.3) is 28.2 Å². The van der Waals surface area contributed by atoms with E-state index in [1.54, 1.807) is 10.8 Å². The van der Waals surface area contributed by atoms with Crippen molar-refractivity contribution in [1.29, 1.82) is 0 Å². The van der Waals surface area contributed by atoms with Gasteiger partial charge in [0.2, 0.25) is 5.88 Å². The second-order valence-electron chi connectivity index (χ2n) is 5.76. The minimum absolute atomic E-state index is 0.510. The summed E-state index contributed by atoms with van der Waals surface area (Å²) in [6, 6.07) is 2.05. The lowest BCUT2D eigenvalue weighted by Crippen LogP contribution is -2.21. The molecular weight excluding hydrogens is 462 g/mol. The molecule has 0 saturated carbocycles. The van der Waals surface area contributed by atoms with E-state index in [4.69, 9.17) is 4.74 Å². The number of fused-ring (bicyclic) bond motifs is 1. The van der Waals surface area contributed by atoms with Crippen molar-refractivity contribution in [2.45, 2.75) is 13.8 Å². The SMILES string of the molecule is C=Cc1nn(PI)c2cnc(-c3c(C)nn(C)c3OCCNCC)cc12. The number of aryl methyl sites for hydroxylation is 2. The van der Waals surface area contributed by atoms with Crippen molar-refractivity contribution in [3.05, 3.63) is 30.2 Å². The van der Waals surface area contributed by atoms with Crippen LogP contribution >= 0.6 is 28.4 Å². The van der Waals surface area contributed by atoms with Crippen LogP contribution in [-0.2, 0) is 7.05 Å². The largest absolute Gasteiger partial charge is 0.476 e. The molecule has 9 heteroatoms. The first-order chi connectivity index (χ1) is 12.6. The highest BCUT2D eigenvalue weighted by molar-refractivity contribution is 14.2.